The summed E-state index contributed by atoms with van der Waals surface area (Å²) in [7, 11) is 2.99. The zero-order valence-electron chi connectivity index (χ0n) is 27.1. The third-order valence-corrected chi connectivity index (χ3v) is 8.08. The average Bonchev–Trinajstić information content (AvgIpc) is 3.42. The van der Waals surface area contributed by atoms with Crippen molar-refractivity contribution in [2.24, 2.45) is 26.2 Å². The summed E-state index contributed by atoms with van der Waals surface area (Å²) in [6.45, 7) is 11.5. The van der Waals surface area contributed by atoms with Gasteiger partial charge in [0, 0.05) is 73.7 Å². The fourth-order valence-electron chi connectivity index (χ4n) is 5.10. The Balaban J connectivity index is 0.000000252. The minimum atomic E-state index is -0.869. The number of amidine groups is 1. The number of nitrogens with zero attached hydrogens (tertiary/aromatic N) is 4. The summed E-state index contributed by atoms with van der Waals surface area (Å²) >= 11 is 1.95. The van der Waals surface area contributed by atoms with Crippen molar-refractivity contribution in [1.82, 2.24) is 14.6 Å². The van der Waals surface area contributed by atoms with E-state index < -0.39 is 17.4 Å². The van der Waals surface area contributed by atoms with Crippen LogP contribution in [0.25, 0.3) is 10.9 Å². The van der Waals surface area contributed by atoms with E-state index in [1.54, 1.807) is 18.5 Å². The van der Waals surface area contributed by atoms with Crippen molar-refractivity contribution in [3.05, 3.63) is 48.2 Å². The van der Waals surface area contributed by atoms with Crippen LogP contribution in [0.5, 0.6) is 23.0 Å². The van der Waals surface area contributed by atoms with Crippen molar-refractivity contribution in [3.8, 4) is 23.0 Å². The van der Waals surface area contributed by atoms with Gasteiger partial charge in [-0.1, -0.05) is 13.8 Å². The molecule has 3 aromatic rings. The second kappa shape index (κ2) is 18.1. The fraction of sp³-hybridized carbons (Fsp3) is 0.452. The number of likely N-dealkylation sites (tertiary alicyclic amines) is 1. The molecule has 6 N–H and O–H groups in total. The number of anilines is 1. The normalized spacial score (nSPS) is 15.3. The van der Waals surface area contributed by atoms with Crippen molar-refractivity contribution >= 4 is 53.0 Å². The van der Waals surface area contributed by atoms with Crippen LogP contribution in [0.3, 0.4) is 0 Å². The van der Waals surface area contributed by atoms with Gasteiger partial charge in [0.05, 0.1) is 25.4 Å². The molecule has 0 amide bonds. The fourth-order valence-corrected chi connectivity index (χ4v) is 5.59. The van der Waals surface area contributed by atoms with Gasteiger partial charge in [-0.2, -0.15) is 0 Å². The van der Waals surface area contributed by atoms with Gasteiger partial charge >= 0.3 is 0 Å². The molecule has 1 saturated heterocycles. The minimum absolute atomic E-state index is 0.134. The number of ether oxygens (including phenoxy) is 3. The summed E-state index contributed by atoms with van der Waals surface area (Å²) < 4.78 is 50.2. The first-order chi connectivity index (χ1) is 22.2. The molecule has 0 saturated carbocycles. The van der Waals surface area contributed by atoms with Gasteiger partial charge in [-0.25, -0.2) is 13.8 Å². The summed E-state index contributed by atoms with van der Waals surface area (Å²) in [4.78, 5) is 15.5. The van der Waals surface area contributed by atoms with Gasteiger partial charge in [-0.15, -0.1) is 0 Å². The summed E-state index contributed by atoms with van der Waals surface area (Å²) in [6.07, 6.45) is 6.87. The molecule has 0 radical (unpaired) electrons. The number of halogens is 2. The van der Waals surface area contributed by atoms with Crippen LogP contribution in [0.2, 0.25) is 0 Å². The molecule has 1 fully saturated rings. The molecule has 0 bridgehead atoms. The van der Waals surface area contributed by atoms with Crippen LogP contribution in [0.1, 0.15) is 47.0 Å². The third kappa shape index (κ3) is 9.58. The molecule has 2 aliphatic heterocycles. The SMILES string of the molecule is CC.CC1(C)N=CN=C1N1CCC(CCNSN)CC1.COc1cc2nccc(Oc3c(F)cc(NSN)cc3F)c2cc1OC. The van der Waals surface area contributed by atoms with Gasteiger partial charge < -0.3 is 23.8 Å². The molecule has 3 heterocycles. The number of nitrogens with two attached hydrogens (primary N) is 2. The van der Waals surface area contributed by atoms with Crippen molar-refractivity contribution < 1.29 is 23.0 Å². The minimum Gasteiger partial charge on any atom is -0.493 e. The number of fused-ring (bicyclic) bond motifs is 1. The van der Waals surface area contributed by atoms with Crippen LogP contribution in [0.15, 0.2) is 46.5 Å². The van der Waals surface area contributed by atoms with E-state index in [0.717, 1.165) is 55.7 Å². The van der Waals surface area contributed by atoms with Crippen molar-refractivity contribution in [2.75, 3.05) is 38.6 Å². The van der Waals surface area contributed by atoms with Crippen molar-refractivity contribution in [3.63, 3.8) is 0 Å². The number of pyridine rings is 1. The molecule has 2 aliphatic rings. The molecule has 0 spiro atoms. The molecule has 0 aliphatic carbocycles. The largest absolute Gasteiger partial charge is 0.493 e. The number of rotatable bonds is 10. The Hall–Kier alpha value is -3.37. The number of methoxy groups -OCH3 is 2. The smallest absolute Gasteiger partial charge is 0.198 e. The van der Waals surface area contributed by atoms with E-state index in [9.17, 15) is 8.78 Å². The maximum Gasteiger partial charge on any atom is 0.198 e. The lowest BCUT2D eigenvalue weighted by Gasteiger charge is -2.36. The molecule has 0 atom stereocenters. The van der Waals surface area contributed by atoms with Gasteiger partial charge in [0.15, 0.2) is 28.9 Å². The monoisotopic (exact) mass is 678 g/mol. The first kappa shape index (κ1) is 37.1. The highest BCUT2D eigenvalue weighted by molar-refractivity contribution is 7.98. The highest BCUT2D eigenvalue weighted by Crippen LogP contribution is 2.38. The van der Waals surface area contributed by atoms with Crippen LogP contribution in [-0.4, -0.2) is 61.5 Å². The predicted molar refractivity (Wildman–Crippen MR) is 187 cm³/mol. The number of hydrogen-bond donors (Lipinski definition) is 4. The molecule has 11 nitrogen and oxygen atoms in total. The van der Waals surface area contributed by atoms with Gasteiger partial charge in [0.1, 0.15) is 23.5 Å². The number of nitrogens with one attached hydrogen (secondary N) is 2. The number of aromatic nitrogens is 1. The van der Waals surface area contributed by atoms with Crippen molar-refractivity contribution in [1.29, 1.82) is 0 Å². The van der Waals surface area contributed by atoms with Crippen LogP contribution in [0.4, 0.5) is 14.5 Å². The Bertz CT molecular complexity index is 1460. The van der Waals surface area contributed by atoms with Gasteiger partial charge in [0.25, 0.3) is 0 Å². The van der Waals surface area contributed by atoms with E-state index in [1.807, 2.05) is 13.8 Å². The molecule has 252 valence electrons. The topological polar surface area (TPSA) is 145 Å². The van der Waals surface area contributed by atoms with Crippen LogP contribution in [0, 0.1) is 17.6 Å². The zero-order valence-corrected chi connectivity index (χ0v) is 28.7. The third-order valence-electron chi connectivity index (χ3n) is 7.35. The first-order valence-corrected chi connectivity index (χ1v) is 16.7. The van der Waals surface area contributed by atoms with Gasteiger partial charge in [-0.3, -0.25) is 25.0 Å². The Morgan fingerprint density at radius 3 is 2.20 bits per heavy atom. The molecule has 2 aromatic carbocycles. The van der Waals surface area contributed by atoms with E-state index in [4.69, 9.17) is 24.5 Å². The molecule has 0 unspecified atom stereocenters. The summed E-state index contributed by atoms with van der Waals surface area (Å²) in [6, 6.07) is 6.97. The van der Waals surface area contributed by atoms with E-state index in [-0.39, 0.29) is 17.0 Å². The second-order valence-electron chi connectivity index (χ2n) is 10.6. The van der Waals surface area contributed by atoms with E-state index in [0.29, 0.717) is 22.4 Å². The van der Waals surface area contributed by atoms with E-state index >= 15 is 0 Å². The molecular formula is C31H44F2N8O3S2. The predicted octanol–water partition coefficient (Wildman–Crippen LogP) is 6.70. The maximum absolute atomic E-state index is 14.3. The van der Waals surface area contributed by atoms with Gasteiger partial charge in [-0.05, 0) is 51.2 Å². The first-order valence-electron chi connectivity index (χ1n) is 15.0. The molecule has 46 heavy (non-hydrogen) atoms. The molecule has 1 aromatic heterocycles. The van der Waals surface area contributed by atoms with E-state index in [2.05, 4.69) is 43.2 Å². The Kier molecular flexibility index (Phi) is 14.6. The highest BCUT2D eigenvalue weighted by Gasteiger charge is 2.33. The second-order valence-corrected chi connectivity index (χ2v) is 11.6. The maximum atomic E-state index is 14.3. The summed E-state index contributed by atoms with van der Waals surface area (Å²) in [5.41, 5.74) is 0.578. The lowest BCUT2D eigenvalue weighted by atomic mass is 9.92. The number of benzene rings is 2. The number of hydrogen-bond acceptors (Lipinski definition) is 13. The Labute approximate surface area is 278 Å². The molecule has 15 heteroatoms. The molecule has 5 rings (SSSR count). The lowest BCUT2D eigenvalue weighted by Crippen LogP contribution is -2.46. The van der Waals surface area contributed by atoms with Crippen molar-refractivity contribution in [2.45, 2.75) is 52.5 Å². The summed E-state index contributed by atoms with van der Waals surface area (Å²) in [5.74, 6) is 0.833. The Morgan fingerprint density at radius 2 is 1.63 bits per heavy atom. The highest BCUT2D eigenvalue weighted by atomic mass is 32.2. The summed E-state index contributed by atoms with van der Waals surface area (Å²) in [5, 5.41) is 11.1. The van der Waals surface area contributed by atoms with E-state index in [1.165, 1.54) is 57.9 Å². The average molecular weight is 679 g/mol. The zero-order chi connectivity index (χ0) is 33.7. The van der Waals surface area contributed by atoms with Crippen LogP contribution < -0.4 is 33.9 Å². The van der Waals surface area contributed by atoms with Crippen LogP contribution >= 0.6 is 24.3 Å². The molecular weight excluding hydrogens is 635 g/mol. The van der Waals surface area contributed by atoms with Crippen LogP contribution in [-0.2, 0) is 0 Å². The quantitative estimate of drug-likeness (QED) is 0.134. The Morgan fingerprint density at radius 1 is 0.978 bits per heavy atom. The lowest BCUT2D eigenvalue weighted by molar-refractivity contribution is 0.249. The number of piperidine rings is 1. The standard InChI is InChI=1S/C17H15F2N3O3S.C12H23N5S.C2H6/c1-23-15-7-10-13(8-16(15)24-2)21-4-3-14(10)25-17-11(18)5-9(22-26-20)6-12(17)19;1-12(2)11(14-9-15-12)17-7-4-10(5-8-17)3-6-16-18-13;1-2/h3-8,22H,20H2,1-2H3;9-10,16H,3-8,13H2,1-2H3;1-2H3. The number of aliphatic imine (C=N–C) groups is 2. The van der Waals surface area contributed by atoms with Gasteiger partial charge in [0.2, 0.25) is 0 Å².